The fourth-order valence-corrected chi connectivity index (χ4v) is 2.24. The second-order valence-electron chi connectivity index (χ2n) is 5.66. The Morgan fingerprint density at radius 2 is 1.67 bits per heavy atom. The third-order valence-electron chi connectivity index (χ3n) is 2.23. The predicted molar refractivity (Wildman–Crippen MR) is 73.9 cm³/mol. The van der Waals surface area contributed by atoms with Gasteiger partial charge in [-0.3, -0.25) is 0 Å². The van der Waals surface area contributed by atoms with E-state index in [1.807, 2.05) is 34.6 Å². The van der Waals surface area contributed by atoms with Gasteiger partial charge in [0.15, 0.2) is 0 Å². The SMILES string of the molecule is CC(C)Sc1c(F)cc(CNC(C)(C)C)cc1F. The Morgan fingerprint density at radius 1 is 1.17 bits per heavy atom. The van der Waals surface area contributed by atoms with Crippen LogP contribution in [0, 0.1) is 11.6 Å². The zero-order valence-electron chi connectivity index (χ0n) is 11.6. The molecule has 0 aliphatic carbocycles. The van der Waals surface area contributed by atoms with E-state index in [0.717, 1.165) is 0 Å². The Balaban J connectivity index is 2.86. The molecule has 0 saturated heterocycles. The lowest BCUT2D eigenvalue weighted by Gasteiger charge is -2.21. The summed E-state index contributed by atoms with van der Waals surface area (Å²) in [5, 5.41) is 3.37. The van der Waals surface area contributed by atoms with Gasteiger partial charge in [-0.25, -0.2) is 8.78 Å². The van der Waals surface area contributed by atoms with Crippen LogP contribution in [0.5, 0.6) is 0 Å². The van der Waals surface area contributed by atoms with Crippen molar-refractivity contribution in [2.45, 2.75) is 56.8 Å². The molecule has 1 nitrogen and oxygen atoms in total. The smallest absolute Gasteiger partial charge is 0.140 e. The Bertz CT molecular complexity index is 388. The van der Waals surface area contributed by atoms with Crippen LogP contribution in [0.4, 0.5) is 8.78 Å². The molecule has 0 saturated carbocycles. The molecule has 0 atom stereocenters. The maximum Gasteiger partial charge on any atom is 0.140 e. The van der Waals surface area contributed by atoms with E-state index in [2.05, 4.69) is 5.32 Å². The molecule has 0 radical (unpaired) electrons. The highest BCUT2D eigenvalue weighted by molar-refractivity contribution is 7.99. The van der Waals surface area contributed by atoms with Gasteiger partial charge in [-0.05, 0) is 38.5 Å². The van der Waals surface area contributed by atoms with Crippen molar-refractivity contribution in [3.8, 4) is 0 Å². The molecule has 1 aromatic rings. The summed E-state index contributed by atoms with van der Waals surface area (Å²) in [5.74, 6) is -0.946. The molecule has 1 rings (SSSR count). The Morgan fingerprint density at radius 3 is 2.06 bits per heavy atom. The van der Waals surface area contributed by atoms with Gasteiger partial charge in [0.2, 0.25) is 0 Å². The van der Waals surface area contributed by atoms with E-state index >= 15 is 0 Å². The van der Waals surface area contributed by atoms with E-state index < -0.39 is 11.6 Å². The van der Waals surface area contributed by atoms with Crippen LogP contribution in [0.3, 0.4) is 0 Å². The zero-order chi connectivity index (χ0) is 13.9. The predicted octanol–water partition coefficient (Wildman–Crippen LogP) is 4.35. The molecular weight excluding hydrogens is 252 g/mol. The normalized spacial score (nSPS) is 12.2. The maximum atomic E-state index is 13.8. The third-order valence-corrected chi connectivity index (χ3v) is 3.33. The minimum Gasteiger partial charge on any atom is -0.308 e. The van der Waals surface area contributed by atoms with E-state index in [1.54, 1.807) is 0 Å². The summed E-state index contributed by atoms with van der Waals surface area (Å²) in [6, 6.07) is 2.82. The number of halogens is 2. The molecular formula is C14H21F2NS. The lowest BCUT2D eigenvalue weighted by Crippen LogP contribution is -2.35. The fourth-order valence-electron chi connectivity index (χ4n) is 1.43. The van der Waals surface area contributed by atoms with Gasteiger partial charge in [-0.15, -0.1) is 11.8 Å². The molecule has 4 heteroatoms. The molecule has 102 valence electrons. The molecule has 1 aromatic carbocycles. The number of nitrogens with one attached hydrogen (secondary N) is 1. The first-order chi connectivity index (χ1) is 8.19. The van der Waals surface area contributed by atoms with Crippen molar-refractivity contribution in [3.63, 3.8) is 0 Å². The molecule has 0 fully saturated rings. The minimum absolute atomic E-state index is 0.0711. The van der Waals surface area contributed by atoms with Crippen LogP contribution in [-0.4, -0.2) is 10.8 Å². The summed E-state index contributed by atoms with van der Waals surface area (Å²) in [6.07, 6.45) is 0. The lowest BCUT2D eigenvalue weighted by molar-refractivity contribution is 0.422. The molecule has 0 amide bonds. The summed E-state index contributed by atoms with van der Waals surface area (Å²) in [6.45, 7) is 10.3. The molecule has 0 spiro atoms. The molecule has 18 heavy (non-hydrogen) atoms. The standard InChI is InChI=1S/C14H21F2NS/c1-9(2)18-13-11(15)6-10(7-12(13)16)8-17-14(3,4)5/h6-7,9,17H,8H2,1-5H3. The summed E-state index contributed by atoms with van der Waals surface area (Å²) < 4.78 is 27.6. The largest absolute Gasteiger partial charge is 0.308 e. The van der Waals surface area contributed by atoms with Crippen LogP contribution in [0.1, 0.15) is 40.2 Å². The van der Waals surface area contributed by atoms with Crippen LogP contribution in [0.15, 0.2) is 17.0 Å². The van der Waals surface area contributed by atoms with Crippen LogP contribution in [0.25, 0.3) is 0 Å². The number of hydrogen-bond acceptors (Lipinski definition) is 2. The van der Waals surface area contributed by atoms with E-state index in [9.17, 15) is 8.78 Å². The molecule has 0 heterocycles. The van der Waals surface area contributed by atoms with Gasteiger partial charge in [0.1, 0.15) is 11.6 Å². The van der Waals surface area contributed by atoms with Crippen LogP contribution >= 0.6 is 11.8 Å². The number of thioether (sulfide) groups is 1. The maximum absolute atomic E-state index is 13.8. The van der Waals surface area contributed by atoms with Gasteiger partial charge in [0.05, 0.1) is 4.90 Å². The Labute approximate surface area is 112 Å². The van der Waals surface area contributed by atoms with E-state index in [-0.39, 0.29) is 15.7 Å². The molecule has 0 unspecified atom stereocenters. The third kappa shape index (κ3) is 4.94. The highest BCUT2D eigenvalue weighted by Gasteiger charge is 2.15. The highest BCUT2D eigenvalue weighted by Crippen LogP contribution is 2.29. The van der Waals surface area contributed by atoms with E-state index in [1.165, 1.54) is 23.9 Å². The highest BCUT2D eigenvalue weighted by atomic mass is 32.2. The topological polar surface area (TPSA) is 12.0 Å². The summed E-state index contributed by atoms with van der Waals surface area (Å²) in [5.41, 5.74) is 0.561. The first kappa shape index (κ1) is 15.4. The summed E-state index contributed by atoms with van der Waals surface area (Å²) >= 11 is 1.21. The van der Waals surface area contributed by atoms with Gasteiger partial charge >= 0.3 is 0 Å². The molecule has 0 aromatic heterocycles. The van der Waals surface area contributed by atoms with Crippen molar-refractivity contribution in [1.82, 2.24) is 5.32 Å². The van der Waals surface area contributed by atoms with Crippen molar-refractivity contribution in [1.29, 1.82) is 0 Å². The second kappa shape index (κ2) is 6.02. The minimum atomic E-state index is -0.473. The lowest BCUT2D eigenvalue weighted by atomic mass is 10.1. The van der Waals surface area contributed by atoms with Gasteiger partial charge in [-0.2, -0.15) is 0 Å². The van der Waals surface area contributed by atoms with E-state index in [0.29, 0.717) is 12.1 Å². The van der Waals surface area contributed by atoms with Gasteiger partial charge in [0.25, 0.3) is 0 Å². The average Bonchev–Trinajstić information content (AvgIpc) is 2.19. The van der Waals surface area contributed by atoms with Crippen LogP contribution in [-0.2, 0) is 6.54 Å². The monoisotopic (exact) mass is 273 g/mol. The first-order valence-corrected chi connectivity index (χ1v) is 6.96. The van der Waals surface area contributed by atoms with Crippen molar-refractivity contribution in [3.05, 3.63) is 29.3 Å². The van der Waals surface area contributed by atoms with Gasteiger partial charge in [0, 0.05) is 17.3 Å². The van der Waals surface area contributed by atoms with Crippen molar-refractivity contribution in [2.24, 2.45) is 0 Å². The number of rotatable bonds is 4. The fraction of sp³-hybridized carbons (Fsp3) is 0.571. The average molecular weight is 273 g/mol. The first-order valence-electron chi connectivity index (χ1n) is 6.08. The molecule has 1 N–H and O–H groups in total. The summed E-state index contributed by atoms with van der Waals surface area (Å²) in [4.78, 5) is 0.115. The number of hydrogen-bond donors (Lipinski definition) is 1. The zero-order valence-corrected chi connectivity index (χ0v) is 12.4. The van der Waals surface area contributed by atoms with Crippen molar-refractivity contribution < 1.29 is 8.78 Å². The van der Waals surface area contributed by atoms with E-state index in [4.69, 9.17) is 0 Å². The van der Waals surface area contributed by atoms with Gasteiger partial charge in [-0.1, -0.05) is 13.8 Å². The van der Waals surface area contributed by atoms with Gasteiger partial charge < -0.3 is 5.32 Å². The summed E-state index contributed by atoms with van der Waals surface area (Å²) in [7, 11) is 0. The molecule has 0 aliphatic heterocycles. The molecule has 0 bridgehead atoms. The van der Waals surface area contributed by atoms with Crippen LogP contribution in [0.2, 0.25) is 0 Å². The molecule has 0 aliphatic rings. The van der Waals surface area contributed by atoms with Crippen molar-refractivity contribution in [2.75, 3.05) is 0 Å². The Hall–Kier alpha value is -0.610. The van der Waals surface area contributed by atoms with Crippen molar-refractivity contribution >= 4 is 11.8 Å². The second-order valence-corrected chi connectivity index (χ2v) is 7.25. The van der Waals surface area contributed by atoms with Crippen LogP contribution < -0.4 is 5.32 Å². The number of benzene rings is 1. The Kier molecular flexibility index (Phi) is 5.17. The quantitative estimate of drug-likeness (QED) is 0.818.